The highest BCUT2D eigenvalue weighted by atomic mass is 35.5. The summed E-state index contributed by atoms with van der Waals surface area (Å²) in [6.07, 6.45) is 4.15. The number of halogens is 2. The Morgan fingerprint density at radius 2 is 1.79 bits per heavy atom. The van der Waals surface area contributed by atoms with E-state index >= 15 is 0 Å². The Morgan fingerprint density at radius 3 is 2.45 bits per heavy atom. The number of amides is 1. The Hall–Kier alpha value is -3.09. The second kappa shape index (κ2) is 9.41. The topological polar surface area (TPSA) is 73.2 Å². The minimum absolute atomic E-state index is 0.147. The lowest BCUT2D eigenvalue weighted by Crippen LogP contribution is -2.16. The zero-order valence-corrected chi connectivity index (χ0v) is 16.9. The fourth-order valence-corrected chi connectivity index (χ4v) is 3.10. The van der Waals surface area contributed by atoms with E-state index in [4.69, 9.17) is 27.9 Å². The molecule has 29 heavy (non-hydrogen) atoms. The number of carbonyl (C=O) groups excluding carboxylic acids is 2. The van der Waals surface area contributed by atoms with Crippen molar-refractivity contribution in [2.75, 3.05) is 11.9 Å². The van der Waals surface area contributed by atoms with Gasteiger partial charge in [0, 0.05) is 21.7 Å². The standard InChI is InChI=1S/C21H17Cl2N3O3/c1-2-29-21(28)16-13-24-26(14-7-4-3-5-8-14)20(16)25-19(27)12-11-15-17(22)9-6-10-18(15)23/h3-13H,2H2,1H3,(H,25,27). The monoisotopic (exact) mass is 429 g/mol. The molecule has 8 heteroatoms. The largest absolute Gasteiger partial charge is 0.462 e. The second-order valence-electron chi connectivity index (χ2n) is 5.83. The zero-order chi connectivity index (χ0) is 20.8. The van der Waals surface area contributed by atoms with Gasteiger partial charge < -0.3 is 10.1 Å². The van der Waals surface area contributed by atoms with Gasteiger partial charge in [-0.2, -0.15) is 5.10 Å². The van der Waals surface area contributed by atoms with Crippen LogP contribution in [0.15, 0.2) is 60.8 Å². The fraction of sp³-hybridized carbons (Fsp3) is 0.0952. The maximum atomic E-state index is 12.5. The first-order chi connectivity index (χ1) is 14.0. The number of anilines is 1. The molecule has 0 atom stereocenters. The number of nitrogens with zero attached hydrogens (tertiary/aromatic N) is 2. The number of carbonyl (C=O) groups is 2. The summed E-state index contributed by atoms with van der Waals surface area (Å²) >= 11 is 12.2. The maximum absolute atomic E-state index is 12.5. The third-order valence-corrected chi connectivity index (χ3v) is 4.57. The van der Waals surface area contributed by atoms with Crippen LogP contribution in [-0.4, -0.2) is 28.3 Å². The summed E-state index contributed by atoms with van der Waals surface area (Å²) in [6.45, 7) is 1.90. The van der Waals surface area contributed by atoms with Gasteiger partial charge in [0.2, 0.25) is 5.91 Å². The number of aromatic nitrogens is 2. The lowest BCUT2D eigenvalue weighted by Gasteiger charge is -2.10. The average Bonchev–Trinajstić information content (AvgIpc) is 3.12. The van der Waals surface area contributed by atoms with Gasteiger partial charge in [-0.15, -0.1) is 0 Å². The molecule has 0 aliphatic heterocycles. The first-order valence-corrected chi connectivity index (χ1v) is 9.50. The van der Waals surface area contributed by atoms with E-state index in [0.29, 0.717) is 21.3 Å². The summed E-state index contributed by atoms with van der Waals surface area (Å²) in [5.41, 5.74) is 1.35. The number of para-hydroxylation sites is 1. The quantitative estimate of drug-likeness (QED) is 0.441. The highest BCUT2D eigenvalue weighted by molar-refractivity contribution is 6.37. The molecule has 6 nitrogen and oxygen atoms in total. The van der Waals surface area contributed by atoms with Crippen LogP contribution in [0.3, 0.4) is 0 Å². The zero-order valence-electron chi connectivity index (χ0n) is 15.4. The summed E-state index contributed by atoms with van der Waals surface area (Å²) in [5.74, 6) is -0.859. The summed E-state index contributed by atoms with van der Waals surface area (Å²) in [5, 5.41) is 7.76. The third kappa shape index (κ3) is 4.85. The number of esters is 1. The molecule has 0 fully saturated rings. The molecule has 0 aliphatic rings. The van der Waals surface area contributed by atoms with Crippen molar-refractivity contribution in [2.45, 2.75) is 6.92 Å². The Balaban J connectivity index is 1.92. The van der Waals surface area contributed by atoms with Crippen molar-refractivity contribution in [3.05, 3.63) is 82.0 Å². The fourth-order valence-electron chi connectivity index (χ4n) is 2.58. The SMILES string of the molecule is CCOC(=O)c1cnn(-c2ccccc2)c1NC(=O)C=Cc1c(Cl)cccc1Cl. The van der Waals surface area contributed by atoms with E-state index in [1.54, 1.807) is 37.3 Å². The van der Waals surface area contributed by atoms with Gasteiger partial charge in [0.05, 0.1) is 18.5 Å². The molecule has 3 aromatic rings. The summed E-state index contributed by atoms with van der Waals surface area (Å²) < 4.78 is 6.52. The molecule has 1 N–H and O–H groups in total. The summed E-state index contributed by atoms with van der Waals surface area (Å²) in [6, 6.07) is 14.2. The number of hydrogen-bond donors (Lipinski definition) is 1. The van der Waals surface area contributed by atoms with E-state index in [1.807, 2.05) is 18.2 Å². The van der Waals surface area contributed by atoms with Gasteiger partial charge in [-0.25, -0.2) is 9.48 Å². The molecule has 0 radical (unpaired) electrons. The van der Waals surface area contributed by atoms with E-state index < -0.39 is 11.9 Å². The average molecular weight is 430 g/mol. The molecule has 1 aromatic heterocycles. The van der Waals surface area contributed by atoms with Crippen molar-refractivity contribution < 1.29 is 14.3 Å². The minimum Gasteiger partial charge on any atom is -0.462 e. The normalized spacial score (nSPS) is 10.9. The van der Waals surface area contributed by atoms with E-state index in [1.165, 1.54) is 23.0 Å². The molecule has 1 heterocycles. The highest BCUT2D eigenvalue weighted by Gasteiger charge is 2.21. The molecule has 0 saturated heterocycles. The van der Waals surface area contributed by atoms with Crippen LogP contribution in [0.25, 0.3) is 11.8 Å². The van der Waals surface area contributed by atoms with Crippen molar-refractivity contribution in [3.8, 4) is 5.69 Å². The lowest BCUT2D eigenvalue weighted by atomic mass is 10.2. The van der Waals surface area contributed by atoms with Crippen LogP contribution in [0.1, 0.15) is 22.8 Å². The van der Waals surface area contributed by atoms with Crippen LogP contribution >= 0.6 is 23.2 Å². The van der Waals surface area contributed by atoms with Gasteiger partial charge in [-0.1, -0.05) is 47.5 Å². The Bertz CT molecular complexity index is 1040. The molecule has 0 unspecified atom stereocenters. The van der Waals surface area contributed by atoms with Crippen molar-refractivity contribution in [3.63, 3.8) is 0 Å². The number of rotatable bonds is 6. The van der Waals surface area contributed by atoms with Gasteiger partial charge in [0.15, 0.2) is 5.82 Å². The summed E-state index contributed by atoms with van der Waals surface area (Å²) in [4.78, 5) is 24.8. The van der Waals surface area contributed by atoms with Crippen LogP contribution in [-0.2, 0) is 9.53 Å². The van der Waals surface area contributed by atoms with E-state index in [9.17, 15) is 9.59 Å². The van der Waals surface area contributed by atoms with Crippen LogP contribution in [0.5, 0.6) is 0 Å². The molecule has 2 aromatic carbocycles. The molecule has 0 spiro atoms. The van der Waals surface area contributed by atoms with E-state index in [0.717, 1.165) is 0 Å². The predicted octanol–water partition coefficient (Wildman–Crippen LogP) is 5.01. The van der Waals surface area contributed by atoms with Crippen molar-refractivity contribution in [2.24, 2.45) is 0 Å². The Kier molecular flexibility index (Phi) is 6.69. The summed E-state index contributed by atoms with van der Waals surface area (Å²) in [7, 11) is 0. The molecular weight excluding hydrogens is 413 g/mol. The van der Waals surface area contributed by atoms with Crippen molar-refractivity contribution >= 4 is 47.0 Å². The van der Waals surface area contributed by atoms with E-state index in [2.05, 4.69) is 10.4 Å². The van der Waals surface area contributed by atoms with Gasteiger partial charge in [0.25, 0.3) is 0 Å². The number of nitrogens with one attached hydrogen (secondary N) is 1. The molecule has 3 rings (SSSR count). The van der Waals surface area contributed by atoms with Crippen LogP contribution in [0, 0.1) is 0 Å². The van der Waals surface area contributed by atoms with Crippen LogP contribution in [0.4, 0.5) is 5.82 Å². The number of hydrogen-bond acceptors (Lipinski definition) is 4. The minimum atomic E-state index is -0.580. The van der Waals surface area contributed by atoms with Crippen molar-refractivity contribution in [1.82, 2.24) is 9.78 Å². The number of ether oxygens (including phenoxy) is 1. The predicted molar refractivity (Wildman–Crippen MR) is 114 cm³/mol. The van der Waals surface area contributed by atoms with Crippen LogP contribution < -0.4 is 5.32 Å². The van der Waals surface area contributed by atoms with Gasteiger partial charge >= 0.3 is 5.97 Å². The highest BCUT2D eigenvalue weighted by Crippen LogP contribution is 2.26. The molecule has 0 bridgehead atoms. The van der Waals surface area contributed by atoms with Gasteiger partial charge in [-0.3, -0.25) is 4.79 Å². The molecule has 1 amide bonds. The molecule has 0 aliphatic carbocycles. The Labute approximate surface area is 177 Å². The second-order valence-corrected chi connectivity index (χ2v) is 6.65. The molecule has 0 saturated carbocycles. The van der Waals surface area contributed by atoms with Gasteiger partial charge in [0.1, 0.15) is 5.56 Å². The van der Waals surface area contributed by atoms with E-state index in [-0.39, 0.29) is 18.0 Å². The maximum Gasteiger partial charge on any atom is 0.343 e. The lowest BCUT2D eigenvalue weighted by molar-refractivity contribution is -0.111. The first-order valence-electron chi connectivity index (χ1n) is 8.75. The Morgan fingerprint density at radius 1 is 1.10 bits per heavy atom. The first kappa shape index (κ1) is 20.6. The smallest absolute Gasteiger partial charge is 0.343 e. The van der Waals surface area contributed by atoms with Gasteiger partial charge in [-0.05, 0) is 37.3 Å². The van der Waals surface area contributed by atoms with Crippen LogP contribution in [0.2, 0.25) is 10.0 Å². The molecule has 148 valence electrons. The van der Waals surface area contributed by atoms with Crippen molar-refractivity contribution in [1.29, 1.82) is 0 Å². The molecular formula is C21H17Cl2N3O3. The number of benzene rings is 2. The third-order valence-electron chi connectivity index (χ3n) is 3.91.